The second-order valence-corrected chi connectivity index (χ2v) is 12.1. The van der Waals surface area contributed by atoms with Gasteiger partial charge in [-0.25, -0.2) is 9.78 Å². The molecule has 4 saturated carbocycles. The number of hydrogen-bond donors (Lipinski definition) is 1. The first-order valence-electron chi connectivity index (χ1n) is 13.9. The summed E-state index contributed by atoms with van der Waals surface area (Å²) in [5, 5.41) is 4.10. The number of benzene rings is 2. The summed E-state index contributed by atoms with van der Waals surface area (Å²) in [7, 11) is 1.86. The molecule has 4 aliphatic carbocycles. The number of para-hydroxylation sites is 1. The van der Waals surface area contributed by atoms with Gasteiger partial charge in [0.15, 0.2) is 0 Å². The molecule has 4 bridgehead atoms. The first-order valence-corrected chi connectivity index (χ1v) is 13.9. The quantitative estimate of drug-likeness (QED) is 0.465. The summed E-state index contributed by atoms with van der Waals surface area (Å²) in [5.41, 5.74) is 3.47. The van der Waals surface area contributed by atoms with Crippen LogP contribution < -0.4 is 10.9 Å². The lowest BCUT2D eigenvalue weighted by Gasteiger charge is -2.57. The highest BCUT2D eigenvalue weighted by atomic mass is 16.2. The van der Waals surface area contributed by atoms with Crippen LogP contribution in [-0.2, 0) is 0 Å². The van der Waals surface area contributed by atoms with Crippen LogP contribution in [0.1, 0.15) is 74.9 Å². The van der Waals surface area contributed by atoms with E-state index in [0.717, 1.165) is 53.8 Å². The van der Waals surface area contributed by atoms with Crippen molar-refractivity contribution >= 4 is 16.9 Å². The Bertz CT molecular complexity index is 1390. The normalized spacial score (nSPS) is 26.9. The molecule has 6 heteroatoms. The van der Waals surface area contributed by atoms with Gasteiger partial charge in [-0.3, -0.25) is 9.36 Å². The van der Waals surface area contributed by atoms with Crippen molar-refractivity contribution < 1.29 is 4.79 Å². The van der Waals surface area contributed by atoms with Crippen molar-refractivity contribution in [2.24, 2.45) is 17.8 Å². The minimum Gasteiger partial charge on any atom is -0.333 e. The number of urea groups is 1. The van der Waals surface area contributed by atoms with E-state index >= 15 is 0 Å². The summed E-state index contributed by atoms with van der Waals surface area (Å²) >= 11 is 0. The molecule has 0 radical (unpaired) electrons. The van der Waals surface area contributed by atoms with E-state index in [1.807, 2.05) is 50.4 Å². The zero-order chi connectivity index (χ0) is 25.9. The molecule has 4 fully saturated rings. The summed E-state index contributed by atoms with van der Waals surface area (Å²) in [6.45, 7) is 6.14. The standard InChI is InChI=1S/C31H38N4O2/c1-5-26(34(4)30(37)33-31-16-21-13-22(17-31)15-23(14-21)18-31)28-32-25-9-7-6-8-24(25)29(36)35(28)27-11-10-19(2)12-20(27)3/h6-12,21-23,26H,5,13-18H2,1-4H3,(H,33,37). The maximum Gasteiger partial charge on any atom is 0.318 e. The molecule has 1 N–H and O–H groups in total. The molecule has 1 unspecified atom stereocenters. The monoisotopic (exact) mass is 498 g/mol. The Morgan fingerprint density at radius 2 is 1.73 bits per heavy atom. The molecule has 0 spiro atoms. The van der Waals surface area contributed by atoms with Gasteiger partial charge in [0.1, 0.15) is 5.82 Å². The van der Waals surface area contributed by atoms with Crippen molar-refractivity contribution in [2.45, 2.75) is 77.3 Å². The number of fused-ring (bicyclic) bond motifs is 1. The van der Waals surface area contributed by atoms with Gasteiger partial charge in [0.05, 0.1) is 22.6 Å². The van der Waals surface area contributed by atoms with Gasteiger partial charge in [0, 0.05) is 12.6 Å². The van der Waals surface area contributed by atoms with Crippen molar-refractivity contribution in [2.75, 3.05) is 7.05 Å². The van der Waals surface area contributed by atoms with E-state index in [1.165, 1.54) is 19.3 Å². The van der Waals surface area contributed by atoms with Crippen LogP contribution in [-0.4, -0.2) is 33.1 Å². The molecular weight excluding hydrogens is 460 g/mol. The summed E-state index contributed by atoms with van der Waals surface area (Å²) < 4.78 is 1.74. The number of carbonyl (C=O) groups is 1. The smallest absolute Gasteiger partial charge is 0.318 e. The summed E-state index contributed by atoms with van der Waals surface area (Å²) in [4.78, 5) is 34.5. The Morgan fingerprint density at radius 1 is 1.08 bits per heavy atom. The van der Waals surface area contributed by atoms with Crippen LogP contribution >= 0.6 is 0 Å². The number of amides is 2. The molecule has 194 valence electrons. The van der Waals surface area contributed by atoms with E-state index < -0.39 is 0 Å². The third-order valence-electron chi connectivity index (χ3n) is 9.28. The van der Waals surface area contributed by atoms with Crippen LogP contribution in [0.5, 0.6) is 0 Å². The van der Waals surface area contributed by atoms with E-state index in [1.54, 1.807) is 9.47 Å². The Labute approximate surface area is 219 Å². The van der Waals surface area contributed by atoms with Crippen LogP contribution in [0.4, 0.5) is 4.79 Å². The van der Waals surface area contributed by atoms with Crippen molar-refractivity contribution in [1.29, 1.82) is 0 Å². The number of nitrogens with zero attached hydrogens (tertiary/aromatic N) is 3. The fourth-order valence-electron chi connectivity index (χ4n) is 8.01. The lowest BCUT2D eigenvalue weighted by molar-refractivity contribution is -0.0160. The molecule has 1 heterocycles. The largest absolute Gasteiger partial charge is 0.333 e. The molecule has 1 atom stereocenters. The molecule has 2 aromatic carbocycles. The Hall–Kier alpha value is -3.15. The number of aryl methyl sites for hydroxylation is 2. The number of nitrogens with one attached hydrogen (secondary N) is 1. The average molecular weight is 499 g/mol. The van der Waals surface area contributed by atoms with Crippen molar-refractivity contribution in [1.82, 2.24) is 19.8 Å². The Morgan fingerprint density at radius 3 is 2.35 bits per heavy atom. The van der Waals surface area contributed by atoms with Crippen molar-refractivity contribution in [3.05, 3.63) is 69.8 Å². The van der Waals surface area contributed by atoms with Gasteiger partial charge < -0.3 is 10.2 Å². The van der Waals surface area contributed by atoms with Gasteiger partial charge in [-0.15, -0.1) is 0 Å². The maximum atomic E-state index is 13.9. The van der Waals surface area contributed by atoms with Crippen molar-refractivity contribution in [3.8, 4) is 5.69 Å². The highest BCUT2D eigenvalue weighted by molar-refractivity contribution is 5.78. The third-order valence-corrected chi connectivity index (χ3v) is 9.28. The number of rotatable bonds is 5. The molecule has 0 saturated heterocycles. The van der Waals surface area contributed by atoms with Crippen LogP contribution in [0.15, 0.2) is 47.3 Å². The number of aromatic nitrogens is 2. The second-order valence-electron chi connectivity index (χ2n) is 12.1. The van der Waals surface area contributed by atoms with E-state index in [-0.39, 0.29) is 23.2 Å². The number of carbonyl (C=O) groups excluding carboxylic acids is 1. The van der Waals surface area contributed by atoms with Crippen LogP contribution in [0.2, 0.25) is 0 Å². The molecule has 0 aliphatic heterocycles. The zero-order valence-corrected chi connectivity index (χ0v) is 22.5. The minimum absolute atomic E-state index is 0.0524. The van der Waals surface area contributed by atoms with Gasteiger partial charge in [0.25, 0.3) is 5.56 Å². The molecule has 7 rings (SSSR count). The fourth-order valence-corrected chi connectivity index (χ4v) is 8.01. The van der Waals surface area contributed by atoms with Crippen LogP contribution in [0, 0.1) is 31.6 Å². The summed E-state index contributed by atoms with van der Waals surface area (Å²) in [6, 6.07) is 13.2. The molecule has 37 heavy (non-hydrogen) atoms. The predicted molar refractivity (Wildman–Crippen MR) is 147 cm³/mol. The van der Waals surface area contributed by atoms with Gasteiger partial charge in [-0.2, -0.15) is 0 Å². The SMILES string of the molecule is CCC(c1nc2ccccc2c(=O)n1-c1ccc(C)cc1C)N(C)C(=O)NC12CC3CC(CC(C3)C1)C2. The highest BCUT2D eigenvalue weighted by Crippen LogP contribution is 2.55. The van der Waals surface area contributed by atoms with E-state index in [2.05, 4.69) is 25.2 Å². The lowest BCUT2D eigenvalue weighted by Crippen LogP contribution is -2.61. The van der Waals surface area contributed by atoms with Gasteiger partial charge in [-0.05, 0) is 100 Å². The highest BCUT2D eigenvalue weighted by Gasteiger charge is 2.52. The molecule has 4 aliphatic rings. The van der Waals surface area contributed by atoms with E-state index in [4.69, 9.17) is 4.98 Å². The molecule has 2 amide bonds. The van der Waals surface area contributed by atoms with Gasteiger partial charge >= 0.3 is 6.03 Å². The zero-order valence-electron chi connectivity index (χ0n) is 22.5. The van der Waals surface area contributed by atoms with Crippen molar-refractivity contribution in [3.63, 3.8) is 0 Å². The Balaban J connectivity index is 1.40. The summed E-state index contributed by atoms with van der Waals surface area (Å²) in [6.07, 6.45) is 7.99. The predicted octanol–water partition coefficient (Wildman–Crippen LogP) is 6.06. The van der Waals surface area contributed by atoms with E-state index in [0.29, 0.717) is 23.1 Å². The maximum absolute atomic E-state index is 13.9. The topological polar surface area (TPSA) is 67.2 Å². The van der Waals surface area contributed by atoms with Crippen LogP contribution in [0.25, 0.3) is 16.6 Å². The van der Waals surface area contributed by atoms with E-state index in [9.17, 15) is 9.59 Å². The Kier molecular flexibility index (Phi) is 5.89. The first kappa shape index (κ1) is 24.2. The molecule has 3 aromatic rings. The second kappa shape index (κ2) is 9.00. The molecular formula is C31H38N4O2. The molecule has 1 aromatic heterocycles. The van der Waals surface area contributed by atoms with Gasteiger partial charge in [0.2, 0.25) is 0 Å². The molecule has 6 nitrogen and oxygen atoms in total. The summed E-state index contributed by atoms with van der Waals surface area (Å²) in [5.74, 6) is 2.89. The van der Waals surface area contributed by atoms with Crippen LogP contribution in [0.3, 0.4) is 0 Å². The lowest BCUT2D eigenvalue weighted by atomic mass is 9.53. The third kappa shape index (κ3) is 4.14. The fraction of sp³-hybridized carbons (Fsp3) is 0.516. The average Bonchev–Trinajstić information content (AvgIpc) is 2.84. The van der Waals surface area contributed by atoms with Gasteiger partial charge in [-0.1, -0.05) is 36.8 Å². The number of hydrogen-bond acceptors (Lipinski definition) is 3. The first-order chi connectivity index (χ1) is 17.8. The minimum atomic E-state index is -0.341.